The number of aromatic amines is 1. The first kappa shape index (κ1) is 18.7. The molecule has 146 valence electrons. The summed E-state index contributed by atoms with van der Waals surface area (Å²) in [5, 5.41) is 3.01. The highest BCUT2D eigenvalue weighted by Gasteiger charge is 2.11. The molecule has 1 amide bonds. The lowest BCUT2D eigenvalue weighted by Crippen LogP contribution is -2.12. The van der Waals surface area contributed by atoms with Gasteiger partial charge in [-0.15, -0.1) is 0 Å². The van der Waals surface area contributed by atoms with Crippen molar-refractivity contribution in [3.8, 4) is 17.1 Å². The van der Waals surface area contributed by atoms with Gasteiger partial charge in [-0.3, -0.25) is 4.79 Å². The van der Waals surface area contributed by atoms with Gasteiger partial charge in [0.15, 0.2) is 0 Å². The second-order valence-electron chi connectivity index (χ2n) is 6.96. The minimum absolute atomic E-state index is 0.156. The van der Waals surface area contributed by atoms with Gasteiger partial charge in [0.2, 0.25) is 0 Å². The summed E-state index contributed by atoms with van der Waals surface area (Å²) in [4.78, 5) is 20.7. The Balaban J connectivity index is 1.55. The molecule has 0 aliphatic carbocycles. The Bertz CT molecular complexity index is 1110. The second-order valence-corrected chi connectivity index (χ2v) is 6.96. The smallest absolute Gasteiger partial charge is 0.255 e. The van der Waals surface area contributed by atoms with Crippen LogP contribution in [-0.2, 0) is 0 Å². The summed E-state index contributed by atoms with van der Waals surface area (Å²) < 4.78 is 5.57. The number of carbonyl (C=O) groups is 1. The SMILES string of the molecule is CCCOc1ccc(C(=O)Nc2cc(-c3nc4ccccc4[nH]3)ccc2C)cc1. The van der Waals surface area contributed by atoms with Gasteiger partial charge in [-0.25, -0.2) is 4.98 Å². The van der Waals surface area contributed by atoms with E-state index in [2.05, 4.69) is 22.2 Å². The molecular formula is C24H23N3O2. The van der Waals surface area contributed by atoms with Crippen LogP contribution in [0.2, 0.25) is 0 Å². The van der Waals surface area contributed by atoms with Crippen LogP contribution in [0, 0.1) is 6.92 Å². The Kier molecular flexibility index (Phi) is 5.29. The molecule has 5 nitrogen and oxygen atoms in total. The molecule has 0 radical (unpaired) electrons. The lowest BCUT2D eigenvalue weighted by molar-refractivity contribution is 0.102. The van der Waals surface area contributed by atoms with Gasteiger partial charge in [-0.1, -0.05) is 31.2 Å². The van der Waals surface area contributed by atoms with Crippen molar-refractivity contribution >= 4 is 22.6 Å². The number of aromatic nitrogens is 2. The van der Waals surface area contributed by atoms with E-state index < -0.39 is 0 Å². The number of anilines is 1. The first-order valence-corrected chi connectivity index (χ1v) is 9.74. The summed E-state index contributed by atoms with van der Waals surface area (Å²) >= 11 is 0. The van der Waals surface area contributed by atoms with Crippen LogP contribution < -0.4 is 10.1 Å². The minimum Gasteiger partial charge on any atom is -0.494 e. The van der Waals surface area contributed by atoms with E-state index in [1.807, 2.05) is 61.5 Å². The third-order valence-corrected chi connectivity index (χ3v) is 4.74. The van der Waals surface area contributed by atoms with Gasteiger partial charge in [0.25, 0.3) is 5.91 Å². The number of H-pyrrole nitrogens is 1. The Morgan fingerprint density at radius 2 is 1.86 bits per heavy atom. The van der Waals surface area contributed by atoms with Gasteiger partial charge in [0.1, 0.15) is 11.6 Å². The van der Waals surface area contributed by atoms with Crippen LogP contribution in [0.4, 0.5) is 5.69 Å². The quantitative estimate of drug-likeness (QED) is 0.455. The van der Waals surface area contributed by atoms with Crippen molar-refractivity contribution < 1.29 is 9.53 Å². The molecule has 1 aromatic heterocycles. The molecule has 0 atom stereocenters. The zero-order valence-corrected chi connectivity index (χ0v) is 16.5. The molecule has 0 saturated heterocycles. The van der Waals surface area contributed by atoms with E-state index in [-0.39, 0.29) is 5.91 Å². The molecule has 0 aliphatic rings. The number of nitrogens with zero attached hydrogens (tertiary/aromatic N) is 1. The van der Waals surface area contributed by atoms with E-state index in [0.29, 0.717) is 12.2 Å². The number of ether oxygens (including phenoxy) is 1. The molecule has 0 fully saturated rings. The van der Waals surface area contributed by atoms with Crippen molar-refractivity contribution in [1.29, 1.82) is 0 Å². The molecular weight excluding hydrogens is 362 g/mol. The highest BCUT2D eigenvalue weighted by atomic mass is 16.5. The number of carbonyl (C=O) groups excluding carboxylic acids is 1. The van der Waals surface area contributed by atoms with Crippen molar-refractivity contribution in [2.24, 2.45) is 0 Å². The average molecular weight is 385 g/mol. The largest absolute Gasteiger partial charge is 0.494 e. The highest BCUT2D eigenvalue weighted by molar-refractivity contribution is 6.05. The van der Waals surface area contributed by atoms with Crippen LogP contribution in [0.5, 0.6) is 5.75 Å². The van der Waals surface area contributed by atoms with E-state index in [4.69, 9.17) is 4.74 Å². The molecule has 0 spiro atoms. The topological polar surface area (TPSA) is 67.0 Å². The molecule has 4 aromatic rings. The fourth-order valence-electron chi connectivity index (χ4n) is 3.11. The van der Waals surface area contributed by atoms with Crippen molar-refractivity contribution in [2.75, 3.05) is 11.9 Å². The molecule has 4 rings (SSSR count). The van der Waals surface area contributed by atoms with Gasteiger partial charge >= 0.3 is 0 Å². The maximum atomic E-state index is 12.7. The predicted molar refractivity (Wildman–Crippen MR) is 116 cm³/mol. The predicted octanol–water partition coefficient (Wildman–Crippen LogP) is 5.58. The number of amides is 1. The van der Waals surface area contributed by atoms with Gasteiger partial charge in [0.05, 0.1) is 17.6 Å². The van der Waals surface area contributed by atoms with Crippen molar-refractivity contribution in [2.45, 2.75) is 20.3 Å². The number of para-hydroxylation sites is 2. The number of rotatable bonds is 6. The lowest BCUT2D eigenvalue weighted by Gasteiger charge is -2.11. The van der Waals surface area contributed by atoms with E-state index in [1.165, 1.54) is 0 Å². The first-order chi connectivity index (χ1) is 14.1. The van der Waals surface area contributed by atoms with Crippen molar-refractivity contribution in [1.82, 2.24) is 9.97 Å². The van der Waals surface area contributed by atoms with Gasteiger partial charge in [0, 0.05) is 16.8 Å². The summed E-state index contributed by atoms with van der Waals surface area (Å²) in [5.74, 6) is 1.39. The summed E-state index contributed by atoms with van der Waals surface area (Å²) in [7, 11) is 0. The number of fused-ring (bicyclic) bond motifs is 1. The van der Waals surface area contributed by atoms with Crippen LogP contribution >= 0.6 is 0 Å². The van der Waals surface area contributed by atoms with E-state index in [9.17, 15) is 4.79 Å². The molecule has 0 aliphatic heterocycles. The number of hydrogen-bond donors (Lipinski definition) is 2. The zero-order chi connectivity index (χ0) is 20.2. The third kappa shape index (κ3) is 4.14. The van der Waals surface area contributed by atoms with E-state index >= 15 is 0 Å². The van der Waals surface area contributed by atoms with Crippen LogP contribution in [0.3, 0.4) is 0 Å². The Morgan fingerprint density at radius 3 is 2.62 bits per heavy atom. The van der Waals surface area contributed by atoms with Crippen molar-refractivity contribution in [3.63, 3.8) is 0 Å². The lowest BCUT2D eigenvalue weighted by atomic mass is 10.1. The van der Waals surface area contributed by atoms with Crippen molar-refractivity contribution in [3.05, 3.63) is 77.9 Å². The number of imidazole rings is 1. The Morgan fingerprint density at radius 1 is 1.07 bits per heavy atom. The summed E-state index contributed by atoms with van der Waals surface area (Å²) in [6.07, 6.45) is 0.948. The maximum Gasteiger partial charge on any atom is 0.255 e. The number of hydrogen-bond acceptors (Lipinski definition) is 3. The molecule has 0 bridgehead atoms. The summed E-state index contributed by atoms with van der Waals surface area (Å²) in [6, 6.07) is 21.0. The van der Waals surface area contributed by atoms with Crippen LogP contribution in [0.1, 0.15) is 29.3 Å². The Labute approximate surface area is 169 Å². The molecule has 1 heterocycles. The van der Waals surface area contributed by atoms with Crippen LogP contribution in [0.15, 0.2) is 66.7 Å². The number of benzene rings is 3. The number of nitrogens with one attached hydrogen (secondary N) is 2. The molecule has 29 heavy (non-hydrogen) atoms. The molecule has 0 unspecified atom stereocenters. The molecule has 2 N–H and O–H groups in total. The van der Waals surface area contributed by atoms with E-state index in [0.717, 1.165) is 45.8 Å². The fourth-order valence-corrected chi connectivity index (χ4v) is 3.11. The number of aryl methyl sites for hydroxylation is 1. The minimum atomic E-state index is -0.156. The second kappa shape index (κ2) is 8.19. The normalized spacial score (nSPS) is 10.8. The molecule has 3 aromatic carbocycles. The fraction of sp³-hybridized carbons (Fsp3) is 0.167. The van der Waals surface area contributed by atoms with Gasteiger partial charge in [-0.05, 0) is 61.4 Å². The Hall–Kier alpha value is -3.60. The average Bonchev–Trinajstić information content (AvgIpc) is 3.18. The maximum absolute atomic E-state index is 12.7. The molecule has 5 heteroatoms. The van der Waals surface area contributed by atoms with E-state index in [1.54, 1.807) is 12.1 Å². The van der Waals surface area contributed by atoms with Gasteiger partial charge < -0.3 is 15.0 Å². The standard InChI is InChI=1S/C24H23N3O2/c1-3-14-29-19-12-10-17(11-13-19)24(28)27-22-15-18(9-8-16(22)2)23-25-20-6-4-5-7-21(20)26-23/h4-13,15H,3,14H2,1-2H3,(H,25,26)(H,27,28). The van der Waals surface area contributed by atoms with Crippen LogP contribution in [-0.4, -0.2) is 22.5 Å². The summed E-state index contributed by atoms with van der Waals surface area (Å²) in [5.41, 5.74) is 5.16. The molecule has 0 saturated carbocycles. The highest BCUT2D eigenvalue weighted by Crippen LogP contribution is 2.26. The van der Waals surface area contributed by atoms with Gasteiger partial charge in [-0.2, -0.15) is 0 Å². The summed E-state index contributed by atoms with van der Waals surface area (Å²) in [6.45, 7) is 4.70. The third-order valence-electron chi connectivity index (χ3n) is 4.74. The monoisotopic (exact) mass is 385 g/mol. The zero-order valence-electron chi connectivity index (χ0n) is 16.5. The first-order valence-electron chi connectivity index (χ1n) is 9.74. The van der Waals surface area contributed by atoms with Crippen LogP contribution in [0.25, 0.3) is 22.4 Å².